The van der Waals surface area contributed by atoms with Crippen molar-refractivity contribution in [2.75, 3.05) is 7.11 Å². The van der Waals surface area contributed by atoms with E-state index in [2.05, 4.69) is 0 Å². The molecule has 2 aromatic carbocycles. The van der Waals surface area contributed by atoms with Crippen molar-refractivity contribution in [3.05, 3.63) is 64.4 Å². The summed E-state index contributed by atoms with van der Waals surface area (Å²) in [7, 11) is 1.58. The van der Waals surface area contributed by atoms with Crippen LogP contribution in [0.1, 0.15) is 17.2 Å². The summed E-state index contributed by atoms with van der Waals surface area (Å²) in [6.07, 6.45) is -0.639. The first kappa shape index (κ1) is 13.8. The maximum atomic E-state index is 13.6. The zero-order valence-electron chi connectivity index (χ0n) is 10.4. The van der Waals surface area contributed by atoms with Gasteiger partial charge in [-0.05, 0) is 35.9 Å². The van der Waals surface area contributed by atoms with Gasteiger partial charge in [0.15, 0.2) is 0 Å². The van der Waals surface area contributed by atoms with Crippen LogP contribution in [-0.2, 0) is 6.42 Å². The van der Waals surface area contributed by atoms with Crippen molar-refractivity contribution in [2.24, 2.45) is 0 Å². The van der Waals surface area contributed by atoms with Gasteiger partial charge in [-0.3, -0.25) is 0 Å². The Bertz CT molecular complexity index is 572. The normalized spacial score (nSPS) is 12.2. The van der Waals surface area contributed by atoms with Crippen molar-refractivity contribution in [3.8, 4) is 5.75 Å². The predicted octanol–water partition coefficient (Wildman–Crippen LogP) is 3.76. The largest absolute Gasteiger partial charge is 0.497 e. The van der Waals surface area contributed by atoms with Crippen molar-refractivity contribution in [2.45, 2.75) is 12.5 Å². The molecule has 100 valence electrons. The number of aliphatic hydroxyl groups is 1. The van der Waals surface area contributed by atoms with Gasteiger partial charge in [-0.25, -0.2) is 4.39 Å². The number of ether oxygens (including phenoxy) is 1. The number of hydrogen-bond acceptors (Lipinski definition) is 2. The summed E-state index contributed by atoms with van der Waals surface area (Å²) in [6.45, 7) is 0. The Hall–Kier alpha value is -1.58. The van der Waals surface area contributed by atoms with E-state index in [9.17, 15) is 9.50 Å². The van der Waals surface area contributed by atoms with Gasteiger partial charge in [-0.1, -0.05) is 23.7 Å². The molecule has 0 spiro atoms. The summed E-state index contributed by atoms with van der Waals surface area (Å²) in [5, 5.41) is 10.5. The number of halogens is 2. The first-order chi connectivity index (χ1) is 9.10. The van der Waals surface area contributed by atoms with Gasteiger partial charge in [0.2, 0.25) is 0 Å². The van der Waals surface area contributed by atoms with E-state index in [1.54, 1.807) is 7.11 Å². The monoisotopic (exact) mass is 280 g/mol. The van der Waals surface area contributed by atoms with E-state index in [0.717, 1.165) is 5.56 Å². The van der Waals surface area contributed by atoms with Crippen molar-refractivity contribution in [3.63, 3.8) is 0 Å². The topological polar surface area (TPSA) is 29.5 Å². The summed E-state index contributed by atoms with van der Waals surface area (Å²) >= 11 is 5.81. The predicted molar refractivity (Wildman–Crippen MR) is 73.1 cm³/mol. The van der Waals surface area contributed by atoms with Crippen LogP contribution in [0.3, 0.4) is 0 Å². The molecule has 0 aromatic heterocycles. The van der Waals surface area contributed by atoms with E-state index >= 15 is 0 Å². The summed E-state index contributed by atoms with van der Waals surface area (Å²) in [4.78, 5) is 0. The molecule has 0 aliphatic carbocycles. The number of hydrogen-bond donors (Lipinski definition) is 1. The van der Waals surface area contributed by atoms with Crippen LogP contribution in [0.15, 0.2) is 42.5 Å². The molecule has 4 heteroatoms. The van der Waals surface area contributed by atoms with Crippen molar-refractivity contribution < 1.29 is 14.2 Å². The molecular weight excluding hydrogens is 267 g/mol. The maximum absolute atomic E-state index is 13.6. The molecule has 0 saturated heterocycles. The minimum absolute atomic E-state index is 0.204. The molecule has 1 atom stereocenters. The Labute approximate surface area is 116 Å². The van der Waals surface area contributed by atoms with Gasteiger partial charge in [0.05, 0.1) is 13.2 Å². The van der Waals surface area contributed by atoms with Gasteiger partial charge in [0, 0.05) is 17.0 Å². The molecule has 19 heavy (non-hydrogen) atoms. The van der Waals surface area contributed by atoms with Crippen LogP contribution < -0.4 is 4.74 Å². The average Bonchev–Trinajstić information content (AvgIpc) is 2.41. The molecule has 2 rings (SSSR count). The van der Waals surface area contributed by atoms with Crippen molar-refractivity contribution in [1.82, 2.24) is 0 Å². The van der Waals surface area contributed by atoms with Crippen LogP contribution in [0.2, 0.25) is 5.02 Å². The SMILES string of the molecule is COc1cccc(CC(O)c2cc(Cl)ccc2F)c1. The molecule has 0 saturated carbocycles. The smallest absolute Gasteiger partial charge is 0.129 e. The highest BCUT2D eigenvalue weighted by atomic mass is 35.5. The third-order valence-corrected chi connectivity index (χ3v) is 3.12. The van der Waals surface area contributed by atoms with E-state index in [1.807, 2.05) is 24.3 Å². The van der Waals surface area contributed by atoms with E-state index < -0.39 is 11.9 Å². The minimum atomic E-state index is -0.939. The van der Waals surface area contributed by atoms with E-state index in [4.69, 9.17) is 16.3 Å². The van der Waals surface area contributed by atoms with Crippen molar-refractivity contribution in [1.29, 1.82) is 0 Å². The molecule has 0 aliphatic heterocycles. The number of aliphatic hydroxyl groups excluding tert-OH is 1. The van der Waals surface area contributed by atoms with Crippen LogP contribution in [0, 0.1) is 5.82 Å². The third-order valence-electron chi connectivity index (χ3n) is 2.88. The van der Waals surface area contributed by atoms with Gasteiger partial charge in [0.1, 0.15) is 11.6 Å². The molecule has 0 fully saturated rings. The highest BCUT2D eigenvalue weighted by molar-refractivity contribution is 6.30. The van der Waals surface area contributed by atoms with E-state index in [0.29, 0.717) is 17.2 Å². The van der Waals surface area contributed by atoms with Crippen molar-refractivity contribution >= 4 is 11.6 Å². The minimum Gasteiger partial charge on any atom is -0.497 e. The van der Waals surface area contributed by atoms with Gasteiger partial charge in [0.25, 0.3) is 0 Å². The molecule has 0 radical (unpaired) electrons. The van der Waals surface area contributed by atoms with Crippen LogP contribution in [-0.4, -0.2) is 12.2 Å². The lowest BCUT2D eigenvalue weighted by Gasteiger charge is -2.13. The Morgan fingerprint density at radius 1 is 1.26 bits per heavy atom. The fraction of sp³-hybridized carbons (Fsp3) is 0.200. The highest BCUT2D eigenvalue weighted by Crippen LogP contribution is 2.25. The fourth-order valence-electron chi connectivity index (χ4n) is 1.90. The molecule has 2 nitrogen and oxygen atoms in total. The van der Waals surface area contributed by atoms with Gasteiger partial charge >= 0.3 is 0 Å². The lowest BCUT2D eigenvalue weighted by Crippen LogP contribution is -2.04. The molecule has 2 aromatic rings. The van der Waals surface area contributed by atoms with Gasteiger partial charge < -0.3 is 9.84 Å². The van der Waals surface area contributed by atoms with Gasteiger partial charge in [-0.2, -0.15) is 0 Å². The molecule has 0 aliphatic rings. The third kappa shape index (κ3) is 3.46. The zero-order valence-corrected chi connectivity index (χ0v) is 11.2. The Balaban J connectivity index is 2.20. The lowest BCUT2D eigenvalue weighted by molar-refractivity contribution is 0.173. The molecular formula is C15H14ClFO2. The molecule has 0 bridgehead atoms. The maximum Gasteiger partial charge on any atom is 0.129 e. The lowest BCUT2D eigenvalue weighted by atomic mass is 10.0. The zero-order chi connectivity index (χ0) is 13.8. The second-order valence-corrected chi connectivity index (χ2v) is 4.67. The number of benzene rings is 2. The van der Waals surface area contributed by atoms with E-state index in [-0.39, 0.29) is 5.56 Å². The van der Waals surface area contributed by atoms with Gasteiger partial charge in [-0.15, -0.1) is 0 Å². The number of rotatable bonds is 4. The standard InChI is InChI=1S/C15H14ClFO2/c1-19-12-4-2-3-10(7-12)8-15(18)13-9-11(16)5-6-14(13)17/h2-7,9,15,18H,8H2,1H3. The molecule has 0 heterocycles. The first-order valence-corrected chi connectivity index (χ1v) is 6.24. The second-order valence-electron chi connectivity index (χ2n) is 4.24. The Morgan fingerprint density at radius 2 is 2.05 bits per heavy atom. The number of methoxy groups -OCH3 is 1. The summed E-state index contributed by atoms with van der Waals surface area (Å²) in [6, 6.07) is 11.5. The first-order valence-electron chi connectivity index (χ1n) is 5.86. The van der Waals surface area contributed by atoms with Crippen LogP contribution >= 0.6 is 11.6 Å². The second kappa shape index (κ2) is 6.04. The summed E-state index contributed by atoms with van der Waals surface area (Å²) < 4.78 is 18.7. The van der Waals surface area contributed by atoms with E-state index in [1.165, 1.54) is 18.2 Å². The fourth-order valence-corrected chi connectivity index (χ4v) is 2.08. The average molecular weight is 281 g/mol. The summed E-state index contributed by atoms with van der Waals surface area (Å²) in [5.74, 6) is 0.246. The van der Waals surface area contributed by atoms with Crippen LogP contribution in [0.5, 0.6) is 5.75 Å². The van der Waals surface area contributed by atoms with Crippen LogP contribution in [0.25, 0.3) is 0 Å². The Kier molecular flexibility index (Phi) is 4.40. The summed E-state index contributed by atoms with van der Waals surface area (Å²) in [5.41, 5.74) is 1.07. The molecule has 0 amide bonds. The molecule has 1 N–H and O–H groups in total. The van der Waals surface area contributed by atoms with Crippen LogP contribution in [0.4, 0.5) is 4.39 Å². The molecule has 1 unspecified atom stereocenters. The quantitative estimate of drug-likeness (QED) is 0.924. The highest BCUT2D eigenvalue weighted by Gasteiger charge is 2.14. The Morgan fingerprint density at radius 3 is 2.79 bits per heavy atom.